The number of nitrogens with zero attached hydrogens (tertiary/aromatic N) is 3. The standard InChI is InChI=1S/C21H24FN3O5S/c1-3-8-24-18-5-4-16(31(28,29)13-21(12-22)6-7-21)10-17(18)19(26)25(20(24)27)11-15-9-14(2)23-30-15/h4-5,9-10H,3,6-8,11-13H2,1-2H3. The van der Waals surface area contributed by atoms with Crippen molar-refractivity contribution in [2.75, 3.05) is 12.4 Å². The zero-order chi connectivity index (χ0) is 22.4. The Kier molecular flexibility index (Phi) is 5.36. The predicted octanol–water partition coefficient (Wildman–Crippen LogP) is 2.44. The zero-order valence-corrected chi connectivity index (χ0v) is 18.2. The van der Waals surface area contributed by atoms with E-state index in [1.54, 1.807) is 13.0 Å². The smallest absolute Gasteiger partial charge is 0.331 e. The number of alkyl halides is 1. The van der Waals surface area contributed by atoms with Crippen LogP contribution < -0.4 is 11.2 Å². The topological polar surface area (TPSA) is 104 Å². The van der Waals surface area contributed by atoms with Crippen molar-refractivity contribution in [2.24, 2.45) is 5.41 Å². The van der Waals surface area contributed by atoms with Crippen LogP contribution in [0.2, 0.25) is 0 Å². The molecule has 166 valence electrons. The van der Waals surface area contributed by atoms with Gasteiger partial charge in [0.15, 0.2) is 15.6 Å². The van der Waals surface area contributed by atoms with Crippen molar-refractivity contribution in [3.8, 4) is 0 Å². The Morgan fingerprint density at radius 2 is 1.94 bits per heavy atom. The van der Waals surface area contributed by atoms with Crippen molar-refractivity contribution in [3.63, 3.8) is 0 Å². The van der Waals surface area contributed by atoms with E-state index in [9.17, 15) is 22.4 Å². The van der Waals surface area contributed by atoms with Gasteiger partial charge in [0.1, 0.15) is 0 Å². The lowest BCUT2D eigenvalue weighted by Gasteiger charge is -2.15. The van der Waals surface area contributed by atoms with E-state index < -0.39 is 33.2 Å². The van der Waals surface area contributed by atoms with E-state index in [2.05, 4.69) is 5.16 Å². The minimum Gasteiger partial charge on any atom is -0.359 e. The number of hydrogen-bond donors (Lipinski definition) is 0. The van der Waals surface area contributed by atoms with Crippen molar-refractivity contribution in [1.82, 2.24) is 14.3 Å². The van der Waals surface area contributed by atoms with Gasteiger partial charge >= 0.3 is 5.69 Å². The largest absolute Gasteiger partial charge is 0.359 e. The molecule has 1 aromatic carbocycles. The van der Waals surface area contributed by atoms with Gasteiger partial charge in [-0.3, -0.25) is 18.3 Å². The average Bonchev–Trinajstić information content (AvgIpc) is 3.38. The lowest BCUT2D eigenvalue weighted by atomic mass is 10.2. The molecule has 0 N–H and O–H groups in total. The number of hydrogen-bond acceptors (Lipinski definition) is 6. The van der Waals surface area contributed by atoms with Gasteiger partial charge in [-0.15, -0.1) is 0 Å². The quantitative estimate of drug-likeness (QED) is 0.523. The van der Waals surface area contributed by atoms with Crippen LogP contribution in [0.3, 0.4) is 0 Å². The van der Waals surface area contributed by atoms with Gasteiger partial charge in [0.25, 0.3) is 5.56 Å². The zero-order valence-electron chi connectivity index (χ0n) is 17.4. The molecule has 0 amide bonds. The van der Waals surface area contributed by atoms with Crippen LogP contribution in [0.15, 0.2) is 43.3 Å². The second kappa shape index (κ2) is 7.74. The SMILES string of the molecule is CCCn1c(=O)n(Cc2cc(C)no2)c(=O)c2cc(S(=O)(=O)CC3(CF)CC3)ccc21. The van der Waals surface area contributed by atoms with Crippen LogP contribution in [0.25, 0.3) is 10.9 Å². The molecule has 0 bridgehead atoms. The van der Waals surface area contributed by atoms with Crippen molar-refractivity contribution >= 4 is 20.7 Å². The first-order valence-corrected chi connectivity index (χ1v) is 11.8. The van der Waals surface area contributed by atoms with Gasteiger partial charge in [-0.05, 0) is 44.4 Å². The summed E-state index contributed by atoms with van der Waals surface area (Å²) in [4.78, 5) is 26.2. The van der Waals surface area contributed by atoms with Gasteiger partial charge in [-0.25, -0.2) is 13.2 Å². The van der Waals surface area contributed by atoms with Crippen LogP contribution in [-0.4, -0.2) is 35.1 Å². The number of benzene rings is 1. The molecule has 0 atom stereocenters. The third-order valence-corrected chi connectivity index (χ3v) is 7.69. The van der Waals surface area contributed by atoms with Gasteiger partial charge in [0, 0.05) is 18.0 Å². The van der Waals surface area contributed by atoms with Gasteiger partial charge < -0.3 is 4.52 Å². The maximum atomic E-state index is 13.3. The number of aromatic nitrogens is 3. The molecular formula is C21H24FN3O5S. The molecule has 31 heavy (non-hydrogen) atoms. The fourth-order valence-corrected chi connectivity index (χ4v) is 5.71. The third kappa shape index (κ3) is 3.96. The van der Waals surface area contributed by atoms with Crippen molar-refractivity contribution in [2.45, 2.75) is 51.1 Å². The van der Waals surface area contributed by atoms with E-state index in [0.717, 1.165) is 4.57 Å². The number of sulfone groups is 1. The Bertz CT molecular complexity index is 1370. The average molecular weight is 450 g/mol. The number of fused-ring (bicyclic) bond motifs is 1. The summed E-state index contributed by atoms with van der Waals surface area (Å²) >= 11 is 0. The number of aryl methyl sites for hydroxylation is 2. The monoisotopic (exact) mass is 449 g/mol. The van der Waals surface area contributed by atoms with Crippen molar-refractivity contribution < 1.29 is 17.3 Å². The third-order valence-electron chi connectivity index (χ3n) is 5.73. The Morgan fingerprint density at radius 1 is 1.19 bits per heavy atom. The van der Waals surface area contributed by atoms with E-state index in [1.165, 1.54) is 22.8 Å². The molecule has 0 unspecified atom stereocenters. The lowest BCUT2D eigenvalue weighted by Crippen LogP contribution is -2.40. The highest BCUT2D eigenvalue weighted by atomic mass is 32.2. The molecule has 2 aromatic heterocycles. The first-order valence-electron chi connectivity index (χ1n) is 10.2. The van der Waals surface area contributed by atoms with Crippen LogP contribution >= 0.6 is 0 Å². The fraction of sp³-hybridized carbons (Fsp3) is 0.476. The molecule has 0 saturated heterocycles. The Labute approximate surface area is 178 Å². The molecule has 0 aliphatic heterocycles. The molecule has 2 heterocycles. The summed E-state index contributed by atoms with van der Waals surface area (Å²) in [6.45, 7) is 3.20. The van der Waals surface area contributed by atoms with E-state index in [4.69, 9.17) is 4.52 Å². The van der Waals surface area contributed by atoms with Crippen LogP contribution in [0.4, 0.5) is 4.39 Å². The van der Waals surface area contributed by atoms with Crippen molar-refractivity contribution in [1.29, 1.82) is 0 Å². The van der Waals surface area contributed by atoms with Gasteiger partial charge in [-0.1, -0.05) is 12.1 Å². The van der Waals surface area contributed by atoms with Crippen LogP contribution in [0, 0.1) is 12.3 Å². The minimum absolute atomic E-state index is 0.0411. The van der Waals surface area contributed by atoms with Gasteiger partial charge in [0.05, 0.1) is 40.5 Å². The molecule has 8 nitrogen and oxygen atoms in total. The van der Waals surface area contributed by atoms with Crippen LogP contribution in [-0.2, 0) is 22.9 Å². The molecule has 3 aromatic rings. The second-order valence-electron chi connectivity index (χ2n) is 8.33. The first-order chi connectivity index (χ1) is 14.7. The molecule has 10 heteroatoms. The summed E-state index contributed by atoms with van der Waals surface area (Å²) < 4.78 is 46.7. The highest BCUT2D eigenvalue weighted by molar-refractivity contribution is 7.91. The molecule has 1 fully saturated rings. The molecule has 0 radical (unpaired) electrons. The Balaban J connectivity index is 1.87. The number of halogens is 1. The summed E-state index contributed by atoms with van der Waals surface area (Å²) in [5, 5.41) is 3.90. The minimum atomic E-state index is -3.78. The molecule has 1 saturated carbocycles. The maximum absolute atomic E-state index is 13.3. The van der Waals surface area contributed by atoms with Gasteiger partial charge in [0.2, 0.25) is 0 Å². The first kappa shape index (κ1) is 21.5. The Hall–Kier alpha value is -2.75. The molecule has 1 aliphatic carbocycles. The lowest BCUT2D eigenvalue weighted by molar-refractivity contribution is 0.366. The fourth-order valence-electron chi connectivity index (χ4n) is 3.80. The van der Waals surface area contributed by atoms with Crippen LogP contribution in [0.1, 0.15) is 37.6 Å². The summed E-state index contributed by atoms with van der Waals surface area (Å²) in [5.74, 6) is 0.0591. The van der Waals surface area contributed by atoms with Crippen LogP contribution in [0.5, 0.6) is 0 Å². The molecular weight excluding hydrogens is 425 g/mol. The second-order valence-corrected chi connectivity index (χ2v) is 10.3. The van der Waals surface area contributed by atoms with Gasteiger partial charge in [-0.2, -0.15) is 0 Å². The molecule has 1 aliphatic rings. The summed E-state index contributed by atoms with van der Waals surface area (Å²) in [6.07, 6.45) is 1.72. The highest BCUT2D eigenvalue weighted by Gasteiger charge is 2.46. The number of rotatable bonds is 8. The van der Waals surface area contributed by atoms with E-state index in [-0.39, 0.29) is 22.6 Å². The highest BCUT2D eigenvalue weighted by Crippen LogP contribution is 2.47. The van der Waals surface area contributed by atoms with E-state index in [1.807, 2.05) is 6.92 Å². The summed E-state index contributed by atoms with van der Waals surface area (Å²) in [6, 6.07) is 5.81. The van der Waals surface area contributed by atoms with E-state index in [0.29, 0.717) is 42.8 Å². The normalized spacial score (nSPS) is 15.5. The summed E-state index contributed by atoms with van der Waals surface area (Å²) in [7, 11) is -3.78. The van der Waals surface area contributed by atoms with Crippen molar-refractivity contribution in [3.05, 3.63) is 56.6 Å². The predicted molar refractivity (Wildman–Crippen MR) is 113 cm³/mol. The van der Waals surface area contributed by atoms with E-state index >= 15 is 0 Å². The molecule has 0 spiro atoms. The molecule has 4 rings (SSSR count). The maximum Gasteiger partial charge on any atom is 0.331 e. The summed E-state index contributed by atoms with van der Waals surface area (Å²) in [5.41, 5.74) is -0.928. The Morgan fingerprint density at radius 3 is 2.52 bits per heavy atom.